The number of rotatable bonds is 5. The normalized spacial score (nSPS) is 18.8. The highest BCUT2D eigenvalue weighted by Crippen LogP contribution is 2.36. The van der Waals surface area contributed by atoms with E-state index in [-0.39, 0.29) is 5.91 Å². The van der Waals surface area contributed by atoms with Gasteiger partial charge in [-0.25, -0.2) is 0 Å². The van der Waals surface area contributed by atoms with Gasteiger partial charge >= 0.3 is 0 Å². The number of nitrogens with one attached hydrogen (secondary N) is 1. The summed E-state index contributed by atoms with van der Waals surface area (Å²) in [6, 6.07) is 0. The molecule has 1 atom stereocenters. The van der Waals surface area contributed by atoms with Crippen LogP contribution in [0.3, 0.4) is 0 Å². The predicted molar refractivity (Wildman–Crippen MR) is 53.4 cm³/mol. The van der Waals surface area contributed by atoms with Crippen LogP contribution in [0.1, 0.15) is 32.6 Å². The van der Waals surface area contributed by atoms with Crippen molar-refractivity contribution in [3.8, 4) is 0 Å². The molecule has 1 rings (SSSR count). The number of carbonyl (C=O) groups excluding carboxylic acids is 1. The quantitative estimate of drug-likeness (QED) is 0.725. The number of alkyl halides is 1. The summed E-state index contributed by atoms with van der Waals surface area (Å²) in [4.78, 5) is 11.6. The molecule has 1 aliphatic rings. The third-order valence-corrected chi connectivity index (χ3v) is 3.18. The third kappa shape index (κ3) is 3.57. The van der Waals surface area contributed by atoms with E-state index in [0.717, 1.165) is 18.9 Å². The number of hydrogen-bond donors (Lipinski definition) is 1. The van der Waals surface area contributed by atoms with Gasteiger partial charge < -0.3 is 5.32 Å². The van der Waals surface area contributed by atoms with Crippen LogP contribution in [-0.4, -0.2) is 17.3 Å². The first kappa shape index (κ1) is 10.0. The van der Waals surface area contributed by atoms with Gasteiger partial charge in [-0.2, -0.15) is 0 Å². The van der Waals surface area contributed by atoms with E-state index >= 15 is 0 Å². The average Bonchev–Trinajstić information content (AvgIpc) is 2.83. The minimum Gasteiger partial charge on any atom is -0.355 e. The van der Waals surface area contributed by atoms with Crippen molar-refractivity contribution in [2.75, 3.05) is 6.54 Å². The summed E-state index contributed by atoms with van der Waals surface area (Å²) in [7, 11) is 0. The van der Waals surface area contributed by atoms with E-state index in [2.05, 4.69) is 21.2 Å². The molecule has 0 aromatic rings. The molecule has 0 spiro atoms. The summed E-state index contributed by atoms with van der Waals surface area (Å²) in [6.07, 6.45) is 4.23. The Labute approximate surface area is 82.2 Å². The van der Waals surface area contributed by atoms with Gasteiger partial charge in [-0.15, -0.1) is 0 Å². The average molecular weight is 234 g/mol. The second kappa shape index (κ2) is 4.85. The minimum absolute atomic E-state index is 0.183. The van der Waals surface area contributed by atoms with Crippen LogP contribution in [-0.2, 0) is 4.79 Å². The van der Waals surface area contributed by atoms with Gasteiger partial charge in [0.1, 0.15) is 0 Å². The second-order valence-corrected chi connectivity index (χ2v) is 4.58. The maximum atomic E-state index is 11.1. The summed E-state index contributed by atoms with van der Waals surface area (Å²) < 4.78 is 0. The van der Waals surface area contributed by atoms with Crippen molar-refractivity contribution in [1.29, 1.82) is 0 Å². The van der Waals surface area contributed by atoms with Crippen molar-refractivity contribution in [3.05, 3.63) is 0 Å². The highest BCUT2D eigenvalue weighted by atomic mass is 79.9. The highest BCUT2D eigenvalue weighted by Gasteiger charge is 2.29. The van der Waals surface area contributed by atoms with E-state index in [9.17, 15) is 4.79 Å². The molecule has 1 aliphatic carbocycles. The monoisotopic (exact) mass is 233 g/mol. The van der Waals surface area contributed by atoms with Gasteiger partial charge in [0.25, 0.3) is 0 Å². The molecule has 1 fully saturated rings. The van der Waals surface area contributed by atoms with Crippen molar-refractivity contribution in [1.82, 2.24) is 5.32 Å². The molecule has 0 bridgehead atoms. The first-order chi connectivity index (χ1) is 5.74. The van der Waals surface area contributed by atoms with Crippen LogP contribution in [0.5, 0.6) is 0 Å². The Morgan fingerprint density at radius 3 is 2.83 bits per heavy atom. The Morgan fingerprint density at radius 1 is 1.67 bits per heavy atom. The van der Waals surface area contributed by atoms with Crippen LogP contribution < -0.4 is 5.32 Å². The molecule has 0 heterocycles. The molecular formula is C9H16BrNO. The molecule has 1 saturated carbocycles. The van der Waals surface area contributed by atoms with Crippen molar-refractivity contribution in [2.45, 2.75) is 37.4 Å². The Kier molecular flexibility index (Phi) is 4.06. The highest BCUT2D eigenvalue weighted by molar-refractivity contribution is 9.09. The molecular weight excluding hydrogens is 218 g/mol. The standard InChI is InChI=1S/C9H16BrNO/c1-2-3-9(12)11-6-8(10)7-4-5-7/h7-8H,2-6H2,1H3,(H,11,12). The van der Waals surface area contributed by atoms with Gasteiger partial charge in [0, 0.05) is 17.8 Å². The van der Waals surface area contributed by atoms with E-state index < -0.39 is 0 Å². The van der Waals surface area contributed by atoms with E-state index in [1.54, 1.807) is 0 Å². The Balaban J connectivity index is 2.03. The van der Waals surface area contributed by atoms with Gasteiger partial charge in [0.15, 0.2) is 0 Å². The zero-order valence-corrected chi connectivity index (χ0v) is 9.06. The molecule has 1 unspecified atom stereocenters. The van der Waals surface area contributed by atoms with Gasteiger partial charge in [0.2, 0.25) is 5.91 Å². The Hall–Kier alpha value is -0.0500. The summed E-state index contributed by atoms with van der Waals surface area (Å²) in [5.74, 6) is 0.995. The van der Waals surface area contributed by atoms with Gasteiger partial charge in [-0.1, -0.05) is 22.9 Å². The van der Waals surface area contributed by atoms with Crippen LogP contribution in [0.15, 0.2) is 0 Å². The summed E-state index contributed by atoms with van der Waals surface area (Å²) in [5.41, 5.74) is 0. The van der Waals surface area contributed by atoms with E-state index in [1.807, 2.05) is 6.92 Å². The molecule has 1 N–H and O–H groups in total. The maximum Gasteiger partial charge on any atom is 0.220 e. The van der Waals surface area contributed by atoms with E-state index in [4.69, 9.17) is 0 Å². The SMILES string of the molecule is CCCC(=O)NCC(Br)C1CC1. The predicted octanol–water partition coefficient (Wildman–Crippen LogP) is 2.08. The third-order valence-electron chi connectivity index (χ3n) is 2.10. The number of carbonyl (C=O) groups is 1. The van der Waals surface area contributed by atoms with Crippen molar-refractivity contribution >= 4 is 21.8 Å². The first-order valence-electron chi connectivity index (χ1n) is 4.64. The first-order valence-corrected chi connectivity index (χ1v) is 5.56. The lowest BCUT2D eigenvalue weighted by Crippen LogP contribution is -2.29. The van der Waals surface area contributed by atoms with Gasteiger partial charge in [-0.3, -0.25) is 4.79 Å². The Bertz CT molecular complexity index is 157. The fraction of sp³-hybridized carbons (Fsp3) is 0.889. The zero-order valence-electron chi connectivity index (χ0n) is 7.48. The van der Waals surface area contributed by atoms with E-state index in [1.165, 1.54) is 12.8 Å². The lowest BCUT2D eigenvalue weighted by molar-refractivity contribution is -0.121. The molecule has 1 amide bonds. The van der Waals surface area contributed by atoms with Gasteiger partial charge in [-0.05, 0) is 25.2 Å². The largest absolute Gasteiger partial charge is 0.355 e. The smallest absolute Gasteiger partial charge is 0.220 e. The molecule has 0 aromatic heterocycles. The molecule has 70 valence electrons. The van der Waals surface area contributed by atoms with Crippen molar-refractivity contribution in [3.63, 3.8) is 0 Å². The second-order valence-electron chi connectivity index (χ2n) is 3.41. The molecule has 2 nitrogen and oxygen atoms in total. The Morgan fingerprint density at radius 2 is 2.33 bits per heavy atom. The fourth-order valence-electron chi connectivity index (χ4n) is 1.15. The topological polar surface area (TPSA) is 29.1 Å². The van der Waals surface area contributed by atoms with Crippen LogP contribution in [0.25, 0.3) is 0 Å². The number of amides is 1. The lowest BCUT2D eigenvalue weighted by Gasteiger charge is -2.08. The van der Waals surface area contributed by atoms with Crippen LogP contribution in [0.4, 0.5) is 0 Å². The zero-order chi connectivity index (χ0) is 8.97. The molecule has 0 aliphatic heterocycles. The van der Waals surface area contributed by atoms with Crippen LogP contribution in [0, 0.1) is 5.92 Å². The molecule has 0 radical (unpaired) electrons. The summed E-state index contributed by atoms with van der Waals surface area (Å²) >= 11 is 3.57. The van der Waals surface area contributed by atoms with Crippen LogP contribution >= 0.6 is 15.9 Å². The summed E-state index contributed by atoms with van der Waals surface area (Å²) in [5, 5.41) is 2.92. The summed E-state index contributed by atoms with van der Waals surface area (Å²) in [6.45, 7) is 2.82. The number of halogens is 1. The van der Waals surface area contributed by atoms with Crippen molar-refractivity contribution < 1.29 is 4.79 Å². The van der Waals surface area contributed by atoms with Gasteiger partial charge in [0.05, 0.1) is 0 Å². The van der Waals surface area contributed by atoms with Crippen molar-refractivity contribution in [2.24, 2.45) is 5.92 Å². The molecule has 12 heavy (non-hydrogen) atoms. The minimum atomic E-state index is 0.183. The fourth-order valence-corrected chi connectivity index (χ4v) is 1.84. The molecule has 0 saturated heterocycles. The maximum absolute atomic E-state index is 11.1. The number of hydrogen-bond acceptors (Lipinski definition) is 1. The lowest BCUT2D eigenvalue weighted by atomic mass is 10.3. The van der Waals surface area contributed by atoms with E-state index in [0.29, 0.717) is 11.2 Å². The van der Waals surface area contributed by atoms with Crippen LogP contribution in [0.2, 0.25) is 0 Å². The molecule has 3 heteroatoms. The molecule has 0 aromatic carbocycles.